The molecule has 2 rings (SSSR count). The number of pyridine rings is 1. The summed E-state index contributed by atoms with van der Waals surface area (Å²) in [5, 5.41) is 5.07. The molecule has 0 bridgehead atoms. The minimum Gasteiger partial charge on any atom is -0.370 e. The van der Waals surface area contributed by atoms with Crippen molar-refractivity contribution >= 4 is 29.0 Å². The molecule has 0 aliphatic heterocycles. The predicted octanol–water partition coefficient (Wildman–Crippen LogP) is 3.70. The molecule has 0 saturated carbocycles. The van der Waals surface area contributed by atoms with Gasteiger partial charge in [0.1, 0.15) is 11.6 Å². The van der Waals surface area contributed by atoms with Crippen LogP contribution in [0.25, 0.3) is 0 Å². The van der Waals surface area contributed by atoms with Gasteiger partial charge in [-0.1, -0.05) is 11.6 Å². The third-order valence-corrected chi connectivity index (χ3v) is 2.92. The number of benzene rings is 1. The highest BCUT2D eigenvalue weighted by atomic mass is 35.5. The second-order valence-corrected chi connectivity index (χ2v) is 4.57. The first kappa shape index (κ1) is 15.2. The standard InChI is InChI=1S/C14H12ClF2N3O/c1-2-18-12-5-8(3-4-19-12)14(21)20-13-10(15)6-9(16)7-11(13)17/h3-7H,2H2,1H3,(H,18,19)(H,20,21). The highest BCUT2D eigenvalue weighted by Crippen LogP contribution is 2.26. The Morgan fingerprint density at radius 1 is 1.33 bits per heavy atom. The highest BCUT2D eigenvalue weighted by Gasteiger charge is 2.14. The highest BCUT2D eigenvalue weighted by molar-refractivity contribution is 6.34. The van der Waals surface area contributed by atoms with Crippen molar-refractivity contribution in [3.8, 4) is 0 Å². The van der Waals surface area contributed by atoms with Crippen LogP contribution in [0, 0.1) is 11.6 Å². The molecule has 0 fully saturated rings. The van der Waals surface area contributed by atoms with Gasteiger partial charge in [-0.15, -0.1) is 0 Å². The number of carbonyl (C=O) groups is 1. The Kier molecular flexibility index (Phi) is 4.70. The van der Waals surface area contributed by atoms with Gasteiger partial charge < -0.3 is 10.6 Å². The van der Waals surface area contributed by atoms with Crippen LogP contribution < -0.4 is 10.6 Å². The molecule has 7 heteroatoms. The van der Waals surface area contributed by atoms with E-state index >= 15 is 0 Å². The lowest BCUT2D eigenvalue weighted by Crippen LogP contribution is -2.14. The molecular weight excluding hydrogens is 300 g/mol. The first-order valence-corrected chi connectivity index (χ1v) is 6.55. The fourth-order valence-electron chi connectivity index (χ4n) is 1.70. The smallest absolute Gasteiger partial charge is 0.255 e. The van der Waals surface area contributed by atoms with Crippen LogP contribution in [-0.4, -0.2) is 17.4 Å². The van der Waals surface area contributed by atoms with Gasteiger partial charge in [0, 0.05) is 24.4 Å². The van der Waals surface area contributed by atoms with E-state index in [2.05, 4.69) is 15.6 Å². The lowest BCUT2D eigenvalue weighted by molar-refractivity contribution is 0.102. The molecule has 0 unspecified atom stereocenters. The zero-order valence-corrected chi connectivity index (χ0v) is 11.8. The molecule has 21 heavy (non-hydrogen) atoms. The Balaban J connectivity index is 2.24. The number of rotatable bonds is 4. The van der Waals surface area contributed by atoms with E-state index in [-0.39, 0.29) is 16.3 Å². The molecule has 0 atom stereocenters. The summed E-state index contributed by atoms with van der Waals surface area (Å²) >= 11 is 5.73. The third kappa shape index (κ3) is 3.66. The van der Waals surface area contributed by atoms with E-state index in [1.54, 1.807) is 0 Å². The molecule has 0 saturated heterocycles. The molecule has 2 aromatic rings. The van der Waals surface area contributed by atoms with Gasteiger partial charge in [-0.25, -0.2) is 13.8 Å². The van der Waals surface area contributed by atoms with Crippen molar-refractivity contribution < 1.29 is 13.6 Å². The first-order chi connectivity index (χ1) is 10.0. The number of nitrogens with zero attached hydrogens (tertiary/aromatic N) is 1. The summed E-state index contributed by atoms with van der Waals surface area (Å²) in [5.74, 6) is -1.79. The minimum absolute atomic E-state index is 0.207. The maximum Gasteiger partial charge on any atom is 0.255 e. The average molecular weight is 312 g/mol. The van der Waals surface area contributed by atoms with E-state index in [1.807, 2.05) is 6.92 Å². The van der Waals surface area contributed by atoms with Crippen molar-refractivity contribution in [2.24, 2.45) is 0 Å². The SMILES string of the molecule is CCNc1cc(C(=O)Nc2c(F)cc(F)cc2Cl)ccn1. The summed E-state index contributed by atoms with van der Waals surface area (Å²) in [6, 6.07) is 4.58. The third-order valence-electron chi connectivity index (χ3n) is 2.63. The fraction of sp³-hybridized carbons (Fsp3) is 0.143. The van der Waals surface area contributed by atoms with Crippen molar-refractivity contribution in [2.45, 2.75) is 6.92 Å². The Bertz CT molecular complexity index is 656. The van der Waals surface area contributed by atoms with Crippen LogP contribution in [0.5, 0.6) is 0 Å². The summed E-state index contributed by atoms with van der Waals surface area (Å²) < 4.78 is 26.6. The van der Waals surface area contributed by atoms with E-state index in [0.29, 0.717) is 18.4 Å². The lowest BCUT2D eigenvalue weighted by Gasteiger charge is -2.09. The number of halogens is 3. The zero-order valence-electron chi connectivity index (χ0n) is 11.1. The molecule has 0 spiro atoms. The first-order valence-electron chi connectivity index (χ1n) is 6.17. The van der Waals surface area contributed by atoms with E-state index < -0.39 is 17.5 Å². The maximum absolute atomic E-state index is 13.6. The quantitative estimate of drug-likeness (QED) is 0.905. The van der Waals surface area contributed by atoms with E-state index in [0.717, 1.165) is 6.07 Å². The summed E-state index contributed by atoms with van der Waals surface area (Å²) in [6.07, 6.45) is 1.45. The van der Waals surface area contributed by atoms with Gasteiger partial charge in [0.2, 0.25) is 0 Å². The van der Waals surface area contributed by atoms with E-state index in [4.69, 9.17) is 11.6 Å². The minimum atomic E-state index is -0.936. The van der Waals surface area contributed by atoms with Gasteiger partial charge in [-0.2, -0.15) is 0 Å². The molecule has 4 nitrogen and oxygen atoms in total. The molecule has 1 heterocycles. The summed E-state index contributed by atoms with van der Waals surface area (Å²) in [4.78, 5) is 16.1. The van der Waals surface area contributed by atoms with Gasteiger partial charge in [-0.3, -0.25) is 4.79 Å². The van der Waals surface area contributed by atoms with Crippen molar-refractivity contribution in [1.29, 1.82) is 0 Å². The van der Waals surface area contributed by atoms with Crippen LogP contribution >= 0.6 is 11.6 Å². The Morgan fingerprint density at radius 2 is 2.10 bits per heavy atom. The number of hydrogen-bond acceptors (Lipinski definition) is 3. The summed E-state index contributed by atoms with van der Waals surface area (Å²) in [7, 11) is 0. The number of hydrogen-bond donors (Lipinski definition) is 2. The molecule has 1 aromatic heterocycles. The second-order valence-electron chi connectivity index (χ2n) is 4.16. The molecule has 1 aromatic carbocycles. The van der Waals surface area contributed by atoms with Gasteiger partial charge in [0.05, 0.1) is 10.7 Å². The molecule has 2 N–H and O–H groups in total. The Hall–Kier alpha value is -2.21. The van der Waals surface area contributed by atoms with Crippen molar-refractivity contribution in [2.75, 3.05) is 17.2 Å². The van der Waals surface area contributed by atoms with Crippen molar-refractivity contribution in [1.82, 2.24) is 4.98 Å². The van der Waals surface area contributed by atoms with Gasteiger partial charge in [0.15, 0.2) is 5.82 Å². The zero-order chi connectivity index (χ0) is 15.4. The van der Waals surface area contributed by atoms with Gasteiger partial charge >= 0.3 is 0 Å². The average Bonchev–Trinajstić information content (AvgIpc) is 2.43. The normalized spacial score (nSPS) is 10.3. The number of amides is 1. The van der Waals surface area contributed by atoms with Crippen LogP contribution in [0.1, 0.15) is 17.3 Å². The molecule has 0 aliphatic carbocycles. The van der Waals surface area contributed by atoms with Crippen LogP contribution in [0.3, 0.4) is 0 Å². The second kappa shape index (κ2) is 6.49. The monoisotopic (exact) mass is 311 g/mol. The molecule has 0 radical (unpaired) electrons. The lowest BCUT2D eigenvalue weighted by atomic mass is 10.2. The van der Waals surface area contributed by atoms with Crippen LogP contribution in [-0.2, 0) is 0 Å². The van der Waals surface area contributed by atoms with Crippen molar-refractivity contribution in [3.05, 3.63) is 52.7 Å². The molecule has 110 valence electrons. The van der Waals surface area contributed by atoms with Gasteiger partial charge in [0.25, 0.3) is 5.91 Å². The van der Waals surface area contributed by atoms with E-state index in [9.17, 15) is 13.6 Å². The summed E-state index contributed by atoms with van der Waals surface area (Å²) in [6.45, 7) is 2.54. The topological polar surface area (TPSA) is 54.0 Å². The van der Waals surface area contributed by atoms with Crippen LogP contribution in [0.4, 0.5) is 20.3 Å². The summed E-state index contributed by atoms with van der Waals surface area (Å²) in [5.41, 5.74) is 0.0191. The largest absolute Gasteiger partial charge is 0.370 e. The van der Waals surface area contributed by atoms with E-state index in [1.165, 1.54) is 18.3 Å². The number of nitrogens with one attached hydrogen (secondary N) is 2. The van der Waals surface area contributed by atoms with Crippen molar-refractivity contribution in [3.63, 3.8) is 0 Å². The van der Waals surface area contributed by atoms with Gasteiger partial charge in [-0.05, 0) is 25.1 Å². The molecule has 0 aliphatic rings. The van der Waals surface area contributed by atoms with Crippen LogP contribution in [0.2, 0.25) is 5.02 Å². The molecule has 1 amide bonds. The van der Waals surface area contributed by atoms with Crippen LogP contribution in [0.15, 0.2) is 30.5 Å². The Labute approximate surface area is 125 Å². The number of carbonyl (C=O) groups excluding carboxylic acids is 1. The Morgan fingerprint density at radius 3 is 2.76 bits per heavy atom. The fourth-order valence-corrected chi connectivity index (χ4v) is 1.94. The number of anilines is 2. The maximum atomic E-state index is 13.6. The number of aromatic nitrogens is 1. The predicted molar refractivity (Wildman–Crippen MR) is 77.7 cm³/mol. The molecular formula is C14H12ClF2N3O.